The van der Waals surface area contributed by atoms with Crippen molar-refractivity contribution in [2.24, 2.45) is 0 Å². The minimum absolute atomic E-state index is 0.425. The van der Waals surface area contributed by atoms with Crippen molar-refractivity contribution in [1.82, 2.24) is 4.90 Å². The summed E-state index contributed by atoms with van der Waals surface area (Å²) in [5.74, 6) is 0.204. The highest BCUT2D eigenvalue weighted by molar-refractivity contribution is 7.99. The Kier molecular flexibility index (Phi) is 4.07. The molecule has 0 saturated carbocycles. The summed E-state index contributed by atoms with van der Waals surface area (Å²) in [7, 11) is 0. The lowest BCUT2D eigenvalue weighted by atomic mass is 10.2. The summed E-state index contributed by atoms with van der Waals surface area (Å²) in [5, 5.41) is 8.99. The van der Waals surface area contributed by atoms with E-state index < -0.39 is 23.7 Å². The van der Waals surface area contributed by atoms with Crippen LogP contribution in [0.4, 0.5) is 4.79 Å². The molecule has 1 rings (SSSR count). The zero-order valence-corrected chi connectivity index (χ0v) is 10.5. The van der Waals surface area contributed by atoms with Crippen LogP contribution < -0.4 is 0 Å². The Bertz CT molecular complexity index is 287. The molecule has 1 fully saturated rings. The second-order valence-electron chi connectivity index (χ2n) is 4.60. The smallest absolute Gasteiger partial charge is 0.411 e. The maximum Gasteiger partial charge on any atom is 0.411 e. The van der Waals surface area contributed by atoms with Gasteiger partial charge < -0.3 is 9.84 Å². The maximum atomic E-state index is 11.8. The predicted octanol–water partition coefficient (Wildman–Crippen LogP) is 1.42. The van der Waals surface area contributed by atoms with E-state index in [1.807, 2.05) is 0 Å². The predicted molar refractivity (Wildman–Crippen MR) is 61.7 cm³/mol. The van der Waals surface area contributed by atoms with Crippen molar-refractivity contribution in [3.8, 4) is 0 Å². The molecule has 1 atom stereocenters. The Morgan fingerprint density at radius 3 is 2.56 bits per heavy atom. The van der Waals surface area contributed by atoms with Gasteiger partial charge in [-0.1, -0.05) is 0 Å². The third-order valence-corrected chi connectivity index (χ3v) is 3.06. The molecule has 0 aromatic carbocycles. The lowest BCUT2D eigenvalue weighted by Gasteiger charge is -2.34. The van der Waals surface area contributed by atoms with Gasteiger partial charge in [-0.05, 0) is 20.8 Å². The van der Waals surface area contributed by atoms with E-state index in [0.29, 0.717) is 12.3 Å². The third kappa shape index (κ3) is 3.59. The van der Waals surface area contributed by atoms with Crippen LogP contribution in [-0.2, 0) is 9.53 Å². The highest BCUT2D eigenvalue weighted by Gasteiger charge is 2.34. The first-order valence-corrected chi connectivity index (χ1v) is 6.27. The molecule has 0 radical (unpaired) electrons. The molecule has 1 amide bonds. The van der Waals surface area contributed by atoms with Gasteiger partial charge in [0, 0.05) is 18.1 Å². The molecule has 0 unspecified atom stereocenters. The summed E-state index contributed by atoms with van der Waals surface area (Å²) in [6.45, 7) is 5.72. The molecule has 5 nitrogen and oxygen atoms in total. The Labute approximate surface area is 99.1 Å². The number of amides is 1. The summed E-state index contributed by atoms with van der Waals surface area (Å²) >= 11 is 1.54. The van der Waals surface area contributed by atoms with Crippen molar-refractivity contribution in [1.29, 1.82) is 0 Å². The minimum atomic E-state index is -0.974. The van der Waals surface area contributed by atoms with Crippen molar-refractivity contribution in [2.45, 2.75) is 32.4 Å². The van der Waals surface area contributed by atoms with Gasteiger partial charge in [-0.3, -0.25) is 4.90 Å². The first-order valence-electron chi connectivity index (χ1n) is 5.11. The highest BCUT2D eigenvalue weighted by Crippen LogP contribution is 2.19. The van der Waals surface area contributed by atoms with E-state index >= 15 is 0 Å². The fourth-order valence-electron chi connectivity index (χ4n) is 1.35. The quantitative estimate of drug-likeness (QED) is 0.759. The zero-order valence-electron chi connectivity index (χ0n) is 9.73. The number of thioether (sulfide) groups is 1. The number of carboxylic acid groups (broad SMARTS) is 1. The lowest BCUT2D eigenvalue weighted by Crippen LogP contribution is -2.51. The van der Waals surface area contributed by atoms with E-state index in [-0.39, 0.29) is 0 Å². The second kappa shape index (κ2) is 4.95. The second-order valence-corrected chi connectivity index (χ2v) is 5.75. The monoisotopic (exact) mass is 247 g/mol. The van der Waals surface area contributed by atoms with Gasteiger partial charge >= 0.3 is 12.1 Å². The average molecular weight is 247 g/mol. The van der Waals surface area contributed by atoms with Crippen LogP contribution in [0.25, 0.3) is 0 Å². The number of hydrogen-bond acceptors (Lipinski definition) is 4. The Hall–Kier alpha value is -0.910. The molecule has 1 N–H and O–H groups in total. The van der Waals surface area contributed by atoms with Crippen molar-refractivity contribution >= 4 is 23.8 Å². The van der Waals surface area contributed by atoms with Gasteiger partial charge in [-0.2, -0.15) is 11.8 Å². The van der Waals surface area contributed by atoms with E-state index in [4.69, 9.17) is 9.84 Å². The van der Waals surface area contributed by atoms with Crippen LogP contribution in [0.5, 0.6) is 0 Å². The number of carbonyl (C=O) groups excluding carboxylic acids is 1. The molecule has 0 aromatic rings. The van der Waals surface area contributed by atoms with Gasteiger partial charge in [0.1, 0.15) is 11.6 Å². The summed E-state index contributed by atoms with van der Waals surface area (Å²) in [6, 6.07) is -0.770. The Morgan fingerprint density at radius 2 is 2.06 bits per heavy atom. The molecule has 0 aliphatic carbocycles. The highest BCUT2D eigenvalue weighted by atomic mass is 32.2. The molecule has 92 valence electrons. The molecule has 1 aliphatic heterocycles. The van der Waals surface area contributed by atoms with Crippen molar-refractivity contribution in [2.75, 3.05) is 18.1 Å². The summed E-state index contributed by atoms with van der Waals surface area (Å²) in [6.07, 6.45) is -0.541. The van der Waals surface area contributed by atoms with Crippen molar-refractivity contribution in [3.05, 3.63) is 0 Å². The van der Waals surface area contributed by atoms with Crippen LogP contribution in [0.15, 0.2) is 0 Å². The third-order valence-electron chi connectivity index (χ3n) is 2.04. The number of aliphatic carboxylic acids is 1. The topological polar surface area (TPSA) is 66.8 Å². The van der Waals surface area contributed by atoms with E-state index in [9.17, 15) is 9.59 Å². The Balaban J connectivity index is 2.68. The van der Waals surface area contributed by atoms with E-state index in [0.717, 1.165) is 5.75 Å². The van der Waals surface area contributed by atoms with Crippen LogP contribution in [0, 0.1) is 0 Å². The first-order chi connectivity index (χ1) is 7.31. The largest absolute Gasteiger partial charge is 0.480 e. The summed E-state index contributed by atoms with van der Waals surface area (Å²) in [4.78, 5) is 24.0. The van der Waals surface area contributed by atoms with Crippen molar-refractivity contribution < 1.29 is 19.4 Å². The zero-order chi connectivity index (χ0) is 12.3. The van der Waals surface area contributed by atoms with Crippen LogP contribution in [-0.4, -0.2) is 51.8 Å². The molecule has 1 aliphatic rings. The van der Waals surface area contributed by atoms with Gasteiger partial charge in [-0.15, -0.1) is 0 Å². The van der Waals surface area contributed by atoms with E-state index in [2.05, 4.69) is 0 Å². The molecule has 16 heavy (non-hydrogen) atoms. The standard InChI is InChI=1S/C10H17NO4S/c1-10(2,3)15-9(14)11-4-5-16-6-7(11)8(12)13/h7H,4-6H2,1-3H3,(H,12,13)/t7-/m1/s1. The van der Waals surface area contributed by atoms with Crippen LogP contribution in [0.3, 0.4) is 0 Å². The number of hydrogen-bond donors (Lipinski definition) is 1. The number of rotatable bonds is 1. The normalized spacial score (nSPS) is 21.7. The molecule has 1 saturated heterocycles. The van der Waals surface area contributed by atoms with Crippen LogP contribution in [0.2, 0.25) is 0 Å². The van der Waals surface area contributed by atoms with Gasteiger partial charge in [0.05, 0.1) is 0 Å². The molecule has 6 heteroatoms. The summed E-state index contributed by atoms with van der Waals surface area (Å²) in [5.41, 5.74) is -0.593. The average Bonchev–Trinajstić information content (AvgIpc) is 2.15. The van der Waals surface area contributed by atoms with E-state index in [1.165, 1.54) is 4.90 Å². The molecular formula is C10H17NO4S. The summed E-state index contributed by atoms with van der Waals surface area (Å²) < 4.78 is 5.17. The van der Waals surface area contributed by atoms with Gasteiger partial charge in [-0.25, -0.2) is 9.59 Å². The molecule has 0 bridgehead atoms. The Morgan fingerprint density at radius 1 is 1.44 bits per heavy atom. The van der Waals surface area contributed by atoms with Gasteiger partial charge in [0.15, 0.2) is 0 Å². The SMILES string of the molecule is CC(C)(C)OC(=O)N1CCSC[C@@H]1C(=O)O. The number of carboxylic acids is 1. The van der Waals surface area contributed by atoms with Crippen molar-refractivity contribution in [3.63, 3.8) is 0 Å². The first kappa shape index (κ1) is 13.2. The van der Waals surface area contributed by atoms with Crippen LogP contribution in [0.1, 0.15) is 20.8 Å². The minimum Gasteiger partial charge on any atom is -0.480 e. The maximum absolute atomic E-state index is 11.8. The van der Waals surface area contributed by atoms with Gasteiger partial charge in [0.2, 0.25) is 0 Å². The van der Waals surface area contributed by atoms with Crippen LogP contribution >= 0.6 is 11.8 Å². The van der Waals surface area contributed by atoms with Gasteiger partial charge in [0.25, 0.3) is 0 Å². The molecular weight excluding hydrogens is 230 g/mol. The lowest BCUT2D eigenvalue weighted by molar-refractivity contribution is -0.142. The molecule has 0 aromatic heterocycles. The molecule has 1 heterocycles. The van der Waals surface area contributed by atoms with E-state index in [1.54, 1.807) is 32.5 Å². The number of nitrogens with zero attached hydrogens (tertiary/aromatic N) is 1. The number of carbonyl (C=O) groups is 2. The fourth-order valence-corrected chi connectivity index (χ4v) is 2.39. The molecule has 0 spiro atoms. The number of ether oxygens (including phenoxy) is 1. The fraction of sp³-hybridized carbons (Fsp3) is 0.800.